The third-order valence-electron chi connectivity index (χ3n) is 4.38. The first-order chi connectivity index (χ1) is 9.49. The summed E-state index contributed by atoms with van der Waals surface area (Å²) in [5, 5.41) is 11.7. The summed E-state index contributed by atoms with van der Waals surface area (Å²) in [6.07, 6.45) is -0.296. The molecule has 0 aromatic carbocycles. The predicted molar refractivity (Wildman–Crippen MR) is 82.7 cm³/mol. The number of nitrogens with zero attached hydrogens (tertiary/aromatic N) is 1. The van der Waals surface area contributed by atoms with Gasteiger partial charge in [-0.2, -0.15) is 0 Å². The molecule has 0 bridgehead atoms. The number of hydrogen-bond acceptors (Lipinski definition) is 3. The van der Waals surface area contributed by atoms with E-state index in [1.807, 2.05) is 20.8 Å². The van der Waals surface area contributed by atoms with Gasteiger partial charge in [-0.15, -0.1) is 0 Å². The SMILES string of the molecule is CCS(=O)(=O)N1CCC(C)C(C(NC(=O)O)C(C)(C)C)C1. The number of sulfonamides is 1. The Kier molecular flexibility index (Phi) is 5.66. The van der Waals surface area contributed by atoms with Gasteiger partial charge in [0.1, 0.15) is 0 Å². The molecule has 1 aliphatic rings. The molecule has 0 aliphatic carbocycles. The molecule has 1 rings (SSSR count). The van der Waals surface area contributed by atoms with E-state index in [0.29, 0.717) is 13.1 Å². The number of carboxylic acid groups (broad SMARTS) is 1. The summed E-state index contributed by atoms with van der Waals surface area (Å²) in [6.45, 7) is 10.6. The molecule has 3 unspecified atom stereocenters. The molecule has 1 aliphatic heterocycles. The molecule has 0 aromatic rings. The summed E-state index contributed by atoms with van der Waals surface area (Å²) < 4.78 is 25.7. The minimum atomic E-state index is -3.23. The molecular weight excluding hydrogens is 292 g/mol. The van der Waals surface area contributed by atoms with Crippen LogP contribution in [-0.4, -0.2) is 48.8 Å². The van der Waals surface area contributed by atoms with E-state index in [-0.39, 0.29) is 29.0 Å². The highest BCUT2D eigenvalue weighted by atomic mass is 32.2. The van der Waals surface area contributed by atoms with Gasteiger partial charge in [-0.1, -0.05) is 27.7 Å². The van der Waals surface area contributed by atoms with E-state index < -0.39 is 16.1 Å². The summed E-state index contributed by atoms with van der Waals surface area (Å²) in [5.41, 5.74) is -0.268. The minimum absolute atomic E-state index is 0.0174. The Balaban J connectivity index is 3.02. The number of amides is 1. The van der Waals surface area contributed by atoms with Gasteiger partial charge >= 0.3 is 6.09 Å². The molecular formula is C14H28N2O4S. The van der Waals surface area contributed by atoms with Crippen molar-refractivity contribution in [1.82, 2.24) is 9.62 Å². The summed E-state index contributed by atoms with van der Waals surface area (Å²) in [7, 11) is -3.23. The Hall–Kier alpha value is -0.820. The average molecular weight is 320 g/mol. The van der Waals surface area contributed by atoms with Crippen molar-refractivity contribution in [3.05, 3.63) is 0 Å². The lowest BCUT2D eigenvalue weighted by atomic mass is 9.72. The van der Waals surface area contributed by atoms with Crippen molar-refractivity contribution in [2.75, 3.05) is 18.8 Å². The fourth-order valence-electron chi connectivity index (χ4n) is 3.04. The number of piperidine rings is 1. The van der Waals surface area contributed by atoms with E-state index in [1.165, 1.54) is 4.31 Å². The standard InChI is InChI=1S/C14H28N2O4S/c1-6-21(19,20)16-8-7-10(2)11(9-16)12(14(3,4)5)15-13(17)18/h10-12,15H,6-9H2,1-5H3,(H,17,18). The van der Waals surface area contributed by atoms with Gasteiger partial charge in [0.15, 0.2) is 0 Å². The van der Waals surface area contributed by atoms with E-state index in [2.05, 4.69) is 12.2 Å². The van der Waals surface area contributed by atoms with Crippen LogP contribution in [0.1, 0.15) is 41.0 Å². The topological polar surface area (TPSA) is 86.7 Å². The average Bonchev–Trinajstić information content (AvgIpc) is 2.35. The molecule has 6 nitrogen and oxygen atoms in total. The van der Waals surface area contributed by atoms with E-state index >= 15 is 0 Å². The molecule has 1 amide bonds. The molecule has 0 spiro atoms. The monoisotopic (exact) mass is 320 g/mol. The van der Waals surface area contributed by atoms with Gasteiger partial charge in [-0.25, -0.2) is 17.5 Å². The van der Waals surface area contributed by atoms with Gasteiger partial charge in [0.05, 0.1) is 5.75 Å². The highest BCUT2D eigenvalue weighted by Gasteiger charge is 2.41. The van der Waals surface area contributed by atoms with Crippen molar-refractivity contribution < 1.29 is 18.3 Å². The molecule has 1 saturated heterocycles. The number of hydrogen-bond donors (Lipinski definition) is 2. The Morgan fingerprint density at radius 3 is 2.43 bits per heavy atom. The zero-order valence-corrected chi connectivity index (χ0v) is 14.4. The number of rotatable bonds is 4. The van der Waals surface area contributed by atoms with Crippen LogP contribution in [0, 0.1) is 17.3 Å². The van der Waals surface area contributed by atoms with Gasteiger partial charge in [0, 0.05) is 19.1 Å². The van der Waals surface area contributed by atoms with Gasteiger partial charge in [-0.3, -0.25) is 0 Å². The Morgan fingerprint density at radius 2 is 2.00 bits per heavy atom. The van der Waals surface area contributed by atoms with Crippen molar-refractivity contribution in [1.29, 1.82) is 0 Å². The molecule has 124 valence electrons. The van der Waals surface area contributed by atoms with Gasteiger partial charge < -0.3 is 10.4 Å². The first-order valence-corrected chi connectivity index (χ1v) is 9.07. The van der Waals surface area contributed by atoms with Crippen LogP contribution in [0.25, 0.3) is 0 Å². The molecule has 0 aromatic heterocycles. The van der Waals surface area contributed by atoms with Gasteiger partial charge in [0.2, 0.25) is 10.0 Å². The van der Waals surface area contributed by atoms with Crippen molar-refractivity contribution in [3.8, 4) is 0 Å². The maximum absolute atomic E-state index is 12.1. The smallest absolute Gasteiger partial charge is 0.404 e. The molecule has 0 radical (unpaired) electrons. The summed E-state index contributed by atoms with van der Waals surface area (Å²) in [5.74, 6) is 0.348. The van der Waals surface area contributed by atoms with Crippen molar-refractivity contribution in [3.63, 3.8) is 0 Å². The molecule has 0 saturated carbocycles. The largest absolute Gasteiger partial charge is 0.465 e. The molecule has 1 fully saturated rings. The zero-order chi connectivity index (χ0) is 16.4. The second-order valence-electron chi connectivity index (χ2n) is 6.98. The zero-order valence-electron chi connectivity index (χ0n) is 13.6. The lowest BCUT2D eigenvalue weighted by Crippen LogP contribution is -2.56. The third kappa shape index (κ3) is 4.57. The van der Waals surface area contributed by atoms with Crippen LogP contribution in [0.4, 0.5) is 4.79 Å². The van der Waals surface area contributed by atoms with Crippen LogP contribution in [-0.2, 0) is 10.0 Å². The second kappa shape index (κ2) is 6.52. The van der Waals surface area contributed by atoms with Crippen molar-refractivity contribution >= 4 is 16.1 Å². The Bertz CT molecular complexity index is 470. The third-order valence-corrected chi connectivity index (χ3v) is 6.23. The number of nitrogens with one attached hydrogen (secondary N) is 1. The molecule has 21 heavy (non-hydrogen) atoms. The first-order valence-electron chi connectivity index (χ1n) is 7.46. The van der Waals surface area contributed by atoms with Crippen LogP contribution in [0.15, 0.2) is 0 Å². The molecule has 1 heterocycles. The van der Waals surface area contributed by atoms with E-state index in [0.717, 1.165) is 6.42 Å². The summed E-state index contributed by atoms with van der Waals surface area (Å²) in [4.78, 5) is 11.1. The fraction of sp³-hybridized carbons (Fsp3) is 0.929. The second-order valence-corrected chi connectivity index (χ2v) is 9.24. The van der Waals surface area contributed by atoms with Crippen LogP contribution >= 0.6 is 0 Å². The fourth-order valence-corrected chi connectivity index (χ4v) is 4.18. The van der Waals surface area contributed by atoms with Gasteiger partial charge in [0.25, 0.3) is 0 Å². The van der Waals surface area contributed by atoms with Crippen LogP contribution < -0.4 is 5.32 Å². The van der Waals surface area contributed by atoms with E-state index in [4.69, 9.17) is 5.11 Å². The first kappa shape index (κ1) is 18.2. The molecule has 7 heteroatoms. The maximum Gasteiger partial charge on any atom is 0.404 e. The highest BCUT2D eigenvalue weighted by Crippen LogP contribution is 2.35. The van der Waals surface area contributed by atoms with Crippen molar-refractivity contribution in [2.24, 2.45) is 17.3 Å². The van der Waals surface area contributed by atoms with E-state index in [1.54, 1.807) is 6.92 Å². The predicted octanol–water partition coefficient (Wildman–Crippen LogP) is 1.98. The van der Waals surface area contributed by atoms with E-state index in [9.17, 15) is 13.2 Å². The van der Waals surface area contributed by atoms with Crippen LogP contribution in [0.3, 0.4) is 0 Å². The minimum Gasteiger partial charge on any atom is -0.465 e. The maximum atomic E-state index is 12.1. The molecule has 2 N–H and O–H groups in total. The Morgan fingerprint density at radius 1 is 1.43 bits per heavy atom. The normalized spacial score (nSPS) is 26.3. The van der Waals surface area contributed by atoms with Crippen LogP contribution in [0.2, 0.25) is 0 Å². The van der Waals surface area contributed by atoms with Crippen LogP contribution in [0.5, 0.6) is 0 Å². The number of carbonyl (C=O) groups is 1. The highest BCUT2D eigenvalue weighted by molar-refractivity contribution is 7.89. The molecule has 3 atom stereocenters. The summed E-state index contributed by atoms with van der Waals surface area (Å²) in [6, 6.07) is -0.278. The van der Waals surface area contributed by atoms with Crippen molar-refractivity contribution in [2.45, 2.75) is 47.1 Å². The van der Waals surface area contributed by atoms with Gasteiger partial charge in [-0.05, 0) is 30.6 Å². The lowest BCUT2D eigenvalue weighted by molar-refractivity contribution is 0.0913. The summed E-state index contributed by atoms with van der Waals surface area (Å²) >= 11 is 0. The Labute approximate surface area is 128 Å². The quantitative estimate of drug-likeness (QED) is 0.829. The lowest BCUT2D eigenvalue weighted by Gasteiger charge is -2.44.